The summed E-state index contributed by atoms with van der Waals surface area (Å²) in [5.41, 5.74) is 3.82. The van der Waals surface area contributed by atoms with Crippen LogP contribution in [0.4, 0.5) is 8.78 Å². The predicted molar refractivity (Wildman–Crippen MR) is 101 cm³/mol. The van der Waals surface area contributed by atoms with E-state index in [1.54, 1.807) is 24.4 Å². The zero-order chi connectivity index (χ0) is 19.7. The second-order valence-corrected chi connectivity index (χ2v) is 6.89. The van der Waals surface area contributed by atoms with Crippen molar-refractivity contribution in [2.45, 2.75) is 19.3 Å². The maximum atomic E-state index is 13.0. The number of pyridine rings is 1. The van der Waals surface area contributed by atoms with E-state index in [-0.39, 0.29) is 16.5 Å². The van der Waals surface area contributed by atoms with Crippen LogP contribution in [0.15, 0.2) is 42.9 Å². The number of carbonyl (C=O) groups excluding carboxylic acids is 1. The number of amides is 1. The average Bonchev–Trinajstić information content (AvgIpc) is 2.68. The van der Waals surface area contributed by atoms with E-state index in [9.17, 15) is 13.6 Å². The number of carbonyl (C=O) groups is 1. The maximum Gasteiger partial charge on any atom is 0.263 e. The molecule has 0 spiro atoms. The minimum absolute atomic E-state index is 0.124. The van der Waals surface area contributed by atoms with E-state index in [0.717, 1.165) is 5.56 Å². The third-order valence-corrected chi connectivity index (χ3v) is 4.76. The standard InChI is InChI=1S/C20H15ClF2N4O/c21-13-6-11(5-12(8-13)19(22)23)7-14-9-17(27-10-26-14)18-15-1-4-25-20(28)16(15)2-3-24-18/h2-3,5-6,8-10,19H,1,4,7H2,(H,25,28). The summed E-state index contributed by atoms with van der Waals surface area (Å²) < 4.78 is 26.0. The molecule has 0 bridgehead atoms. The van der Waals surface area contributed by atoms with Gasteiger partial charge in [-0.15, -0.1) is 0 Å². The van der Waals surface area contributed by atoms with Gasteiger partial charge in [-0.3, -0.25) is 9.78 Å². The molecule has 0 unspecified atom stereocenters. The molecule has 2 aromatic heterocycles. The van der Waals surface area contributed by atoms with Gasteiger partial charge >= 0.3 is 0 Å². The van der Waals surface area contributed by atoms with E-state index in [1.165, 1.54) is 18.5 Å². The van der Waals surface area contributed by atoms with Crippen LogP contribution >= 0.6 is 11.6 Å². The molecule has 0 radical (unpaired) electrons. The zero-order valence-electron chi connectivity index (χ0n) is 14.6. The molecule has 142 valence electrons. The van der Waals surface area contributed by atoms with Crippen LogP contribution in [-0.4, -0.2) is 27.4 Å². The lowest BCUT2D eigenvalue weighted by Gasteiger charge is -2.18. The highest BCUT2D eigenvalue weighted by molar-refractivity contribution is 6.30. The third kappa shape index (κ3) is 3.71. The number of fused-ring (bicyclic) bond motifs is 1. The first-order chi connectivity index (χ1) is 13.5. The van der Waals surface area contributed by atoms with Gasteiger partial charge in [-0.25, -0.2) is 18.7 Å². The first kappa shape index (κ1) is 18.4. The summed E-state index contributed by atoms with van der Waals surface area (Å²) in [6, 6.07) is 7.77. The number of hydrogen-bond acceptors (Lipinski definition) is 4. The second kappa shape index (κ2) is 7.59. The minimum atomic E-state index is -2.59. The average molecular weight is 401 g/mol. The molecule has 0 fully saturated rings. The first-order valence-corrected chi connectivity index (χ1v) is 9.04. The van der Waals surface area contributed by atoms with Crippen LogP contribution in [0.25, 0.3) is 11.4 Å². The summed E-state index contributed by atoms with van der Waals surface area (Å²) in [5.74, 6) is -0.127. The van der Waals surface area contributed by atoms with E-state index < -0.39 is 6.43 Å². The van der Waals surface area contributed by atoms with Crippen molar-refractivity contribution in [1.29, 1.82) is 0 Å². The van der Waals surface area contributed by atoms with Crippen molar-refractivity contribution in [1.82, 2.24) is 20.3 Å². The summed E-state index contributed by atoms with van der Waals surface area (Å²) >= 11 is 5.97. The Bertz CT molecular complexity index is 1060. The van der Waals surface area contributed by atoms with E-state index in [0.29, 0.717) is 47.6 Å². The molecule has 3 heterocycles. The van der Waals surface area contributed by atoms with Crippen molar-refractivity contribution in [2.75, 3.05) is 6.54 Å². The van der Waals surface area contributed by atoms with Crippen molar-refractivity contribution in [3.05, 3.63) is 75.8 Å². The van der Waals surface area contributed by atoms with E-state index in [1.807, 2.05) is 0 Å². The van der Waals surface area contributed by atoms with Gasteiger partial charge in [-0.2, -0.15) is 0 Å². The Morgan fingerprint density at radius 3 is 2.82 bits per heavy atom. The topological polar surface area (TPSA) is 67.8 Å². The number of nitrogens with one attached hydrogen (secondary N) is 1. The molecule has 1 aliphatic heterocycles. The number of aromatic nitrogens is 3. The molecule has 28 heavy (non-hydrogen) atoms. The molecule has 3 aromatic rings. The van der Waals surface area contributed by atoms with Gasteiger partial charge in [0.1, 0.15) is 6.33 Å². The molecule has 0 atom stereocenters. The van der Waals surface area contributed by atoms with Crippen LogP contribution in [0.5, 0.6) is 0 Å². The maximum absolute atomic E-state index is 13.0. The van der Waals surface area contributed by atoms with Crippen LogP contribution in [0.3, 0.4) is 0 Å². The van der Waals surface area contributed by atoms with Crippen molar-refractivity contribution in [3.63, 3.8) is 0 Å². The molecule has 8 heteroatoms. The Balaban J connectivity index is 1.69. The van der Waals surface area contributed by atoms with Crippen molar-refractivity contribution in [3.8, 4) is 11.4 Å². The molecule has 5 nitrogen and oxygen atoms in total. The van der Waals surface area contributed by atoms with Gasteiger partial charge in [0.15, 0.2) is 0 Å². The molecule has 0 saturated heterocycles. The highest BCUT2D eigenvalue weighted by atomic mass is 35.5. The molecule has 1 aliphatic rings. The van der Waals surface area contributed by atoms with Crippen LogP contribution in [0.1, 0.15) is 39.2 Å². The molecule has 0 saturated carbocycles. The number of nitrogens with zero attached hydrogens (tertiary/aromatic N) is 3. The molecule has 1 amide bonds. The Kier molecular flexibility index (Phi) is 5.00. The van der Waals surface area contributed by atoms with Crippen LogP contribution < -0.4 is 5.32 Å². The quantitative estimate of drug-likeness (QED) is 0.718. The zero-order valence-corrected chi connectivity index (χ0v) is 15.4. The summed E-state index contributed by atoms with van der Waals surface area (Å²) in [5, 5.41) is 3.06. The Morgan fingerprint density at radius 1 is 1.14 bits per heavy atom. The van der Waals surface area contributed by atoms with E-state index >= 15 is 0 Å². The van der Waals surface area contributed by atoms with Gasteiger partial charge in [0, 0.05) is 41.0 Å². The molecule has 1 N–H and O–H groups in total. The molecule has 4 rings (SSSR count). The van der Waals surface area contributed by atoms with Crippen LogP contribution in [-0.2, 0) is 12.8 Å². The third-order valence-electron chi connectivity index (χ3n) is 4.54. The lowest BCUT2D eigenvalue weighted by molar-refractivity contribution is 0.0946. The monoisotopic (exact) mass is 400 g/mol. The number of benzene rings is 1. The molecular weight excluding hydrogens is 386 g/mol. The Hall–Kier alpha value is -2.93. The number of rotatable bonds is 4. The van der Waals surface area contributed by atoms with Crippen molar-refractivity contribution >= 4 is 17.5 Å². The van der Waals surface area contributed by atoms with Crippen molar-refractivity contribution in [2.24, 2.45) is 0 Å². The second-order valence-electron chi connectivity index (χ2n) is 6.46. The fraction of sp³-hybridized carbons (Fsp3) is 0.200. The predicted octanol–water partition coefficient (Wildman–Crippen LogP) is 4.01. The van der Waals surface area contributed by atoms with Gasteiger partial charge in [0.05, 0.1) is 11.4 Å². The lowest BCUT2D eigenvalue weighted by Crippen LogP contribution is -2.32. The van der Waals surface area contributed by atoms with Gasteiger partial charge in [-0.05, 0) is 47.9 Å². The summed E-state index contributed by atoms with van der Waals surface area (Å²) in [6.45, 7) is 0.543. The fourth-order valence-corrected chi connectivity index (χ4v) is 3.58. The smallest absolute Gasteiger partial charge is 0.263 e. The van der Waals surface area contributed by atoms with Crippen molar-refractivity contribution < 1.29 is 13.6 Å². The highest BCUT2D eigenvalue weighted by Gasteiger charge is 2.21. The molecule has 1 aromatic carbocycles. The summed E-state index contributed by atoms with van der Waals surface area (Å²) in [4.78, 5) is 25.0. The summed E-state index contributed by atoms with van der Waals surface area (Å²) in [6.07, 6.45) is 1.38. The number of halogens is 3. The van der Waals surface area contributed by atoms with Gasteiger partial charge in [0.2, 0.25) is 0 Å². The normalized spacial score (nSPS) is 13.4. The highest BCUT2D eigenvalue weighted by Crippen LogP contribution is 2.27. The SMILES string of the molecule is O=C1NCCc2c1ccnc2-c1cc(Cc2cc(Cl)cc(C(F)F)c2)ncn1. The Morgan fingerprint density at radius 2 is 2.00 bits per heavy atom. The Labute approximate surface area is 164 Å². The number of alkyl halides is 2. The minimum Gasteiger partial charge on any atom is -0.352 e. The molecular formula is C20H15ClF2N4O. The van der Waals surface area contributed by atoms with Gasteiger partial charge < -0.3 is 5.32 Å². The van der Waals surface area contributed by atoms with Crippen LogP contribution in [0.2, 0.25) is 5.02 Å². The van der Waals surface area contributed by atoms with Gasteiger partial charge in [0.25, 0.3) is 12.3 Å². The first-order valence-electron chi connectivity index (χ1n) is 8.66. The van der Waals surface area contributed by atoms with E-state index in [4.69, 9.17) is 11.6 Å². The van der Waals surface area contributed by atoms with Gasteiger partial charge in [-0.1, -0.05) is 11.6 Å². The fourth-order valence-electron chi connectivity index (χ4n) is 3.31. The molecule has 0 aliphatic carbocycles. The van der Waals surface area contributed by atoms with Crippen LogP contribution in [0, 0.1) is 0 Å². The number of hydrogen-bond donors (Lipinski definition) is 1. The lowest BCUT2D eigenvalue weighted by atomic mass is 9.97. The largest absolute Gasteiger partial charge is 0.352 e. The van der Waals surface area contributed by atoms with E-state index in [2.05, 4.69) is 20.3 Å². The summed E-state index contributed by atoms with van der Waals surface area (Å²) in [7, 11) is 0.